The lowest BCUT2D eigenvalue weighted by molar-refractivity contribution is -0.121. The molecule has 0 saturated carbocycles. The van der Waals surface area contributed by atoms with Crippen molar-refractivity contribution in [3.8, 4) is 12.3 Å². The van der Waals surface area contributed by atoms with Crippen LogP contribution in [-0.2, 0) is 11.3 Å². The fourth-order valence-corrected chi connectivity index (χ4v) is 1.73. The molecule has 0 saturated heterocycles. The number of aromatic nitrogens is 3. The molecule has 0 fully saturated rings. The lowest BCUT2D eigenvalue weighted by atomic mass is 10.0. The van der Waals surface area contributed by atoms with E-state index in [0.717, 1.165) is 6.42 Å². The predicted molar refractivity (Wildman–Crippen MR) is 67.9 cm³/mol. The van der Waals surface area contributed by atoms with Crippen molar-refractivity contribution in [2.45, 2.75) is 37.9 Å². The van der Waals surface area contributed by atoms with Gasteiger partial charge in [-0.1, -0.05) is 0 Å². The number of hydrogen-bond acceptors (Lipinski definition) is 5. The smallest absolute Gasteiger partial charge is 0.220 e. The maximum Gasteiger partial charge on any atom is 0.220 e. The molecule has 1 aliphatic rings. The third kappa shape index (κ3) is 4.17. The molecule has 1 aromatic heterocycles. The molecule has 0 bridgehead atoms. The Kier molecular flexibility index (Phi) is 4.23. The fraction of sp³-hybridized carbons (Fsp3) is 0.583. The Balaban J connectivity index is 1.59. The second kappa shape index (κ2) is 6.09. The Labute approximate surface area is 111 Å². The van der Waals surface area contributed by atoms with Gasteiger partial charge in [-0.3, -0.25) is 9.48 Å². The average molecular weight is 260 g/mol. The SMILES string of the molecule is C#CCCC1(CCC(=O)NCCn2cncn2)N=N1. The number of terminal acetylenes is 1. The van der Waals surface area contributed by atoms with Crippen molar-refractivity contribution >= 4 is 5.91 Å². The molecule has 7 heteroatoms. The van der Waals surface area contributed by atoms with Crippen molar-refractivity contribution in [1.29, 1.82) is 0 Å². The van der Waals surface area contributed by atoms with E-state index in [9.17, 15) is 4.79 Å². The zero-order chi connectivity index (χ0) is 13.6. The second-order valence-corrected chi connectivity index (χ2v) is 4.40. The van der Waals surface area contributed by atoms with Crippen LogP contribution in [0.3, 0.4) is 0 Å². The molecule has 7 nitrogen and oxygen atoms in total. The van der Waals surface area contributed by atoms with Gasteiger partial charge < -0.3 is 5.32 Å². The molecule has 1 amide bonds. The van der Waals surface area contributed by atoms with Crippen LogP contribution in [0.25, 0.3) is 0 Å². The van der Waals surface area contributed by atoms with Gasteiger partial charge in [0.25, 0.3) is 0 Å². The molecule has 0 aromatic carbocycles. The summed E-state index contributed by atoms with van der Waals surface area (Å²) in [6.07, 6.45) is 10.7. The molecule has 0 aliphatic carbocycles. The molecule has 0 radical (unpaired) electrons. The summed E-state index contributed by atoms with van der Waals surface area (Å²) >= 11 is 0. The normalized spacial score (nSPS) is 14.9. The van der Waals surface area contributed by atoms with Gasteiger partial charge in [0.05, 0.1) is 6.54 Å². The van der Waals surface area contributed by atoms with E-state index < -0.39 is 0 Å². The van der Waals surface area contributed by atoms with Crippen molar-refractivity contribution in [3.05, 3.63) is 12.7 Å². The monoisotopic (exact) mass is 260 g/mol. The van der Waals surface area contributed by atoms with E-state index in [1.54, 1.807) is 11.0 Å². The first kappa shape index (κ1) is 13.2. The molecule has 1 aliphatic heterocycles. The molecule has 1 aromatic rings. The lowest BCUT2D eigenvalue weighted by Crippen LogP contribution is -2.28. The number of carbonyl (C=O) groups is 1. The highest BCUT2D eigenvalue weighted by Gasteiger charge is 2.39. The molecule has 0 unspecified atom stereocenters. The number of nitrogens with zero attached hydrogens (tertiary/aromatic N) is 5. The maximum absolute atomic E-state index is 11.6. The minimum absolute atomic E-state index is 0.00232. The summed E-state index contributed by atoms with van der Waals surface area (Å²) < 4.78 is 1.67. The third-order valence-electron chi connectivity index (χ3n) is 2.93. The summed E-state index contributed by atoms with van der Waals surface area (Å²) in [4.78, 5) is 15.5. The molecule has 0 atom stereocenters. The summed E-state index contributed by atoms with van der Waals surface area (Å²) in [5.41, 5.74) is -0.379. The average Bonchev–Trinajstić information content (AvgIpc) is 3.00. The van der Waals surface area contributed by atoms with Crippen LogP contribution in [0.15, 0.2) is 22.9 Å². The first-order chi connectivity index (χ1) is 9.24. The van der Waals surface area contributed by atoms with Crippen molar-refractivity contribution in [2.75, 3.05) is 6.54 Å². The van der Waals surface area contributed by atoms with Gasteiger partial charge in [0, 0.05) is 32.2 Å². The minimum atomic E-state index is -0.379. The summed E-state index contributed by atoms with van der Waals surface area (Å²) in [6.45, 7) is 1.15. The van der Waals surface area contributed by atoms with Gasteiger partial charge in [0.2, 0.25) is 5.91 Å². The maximum atomic E-state index is 11.6. The van der Waals surface area contributed by atoms with Crippen molar-refractivity contribution in [1.82, 2.24) is 20.1 Å². The van der Waals surface area contributed by atoms with E-state index in [0.29, 0.717) is 32.4 Å². The van der Waals surface area contributed by atoms with Crippen LogP contribution in [0.4, 0.5) is 0 Å². The standard InChI is InChI=1S/C12H16N6O/c1-2-3-5-12(16-17-12)6-4-11(19)14-7-8-18-10-13-9-15-18/h1,9-10H,3-8H2,(H,14,19). The first-order valence-corrected chi connectivity index (χ1v) is 6.21. The van der Waals surface area contributed by atoms with Crippen LogP contribution in [0, 0.1) is 12.3 Å². The molecule has 100 valence electrons. The Morgan fingerprint density at radius 3 is 2.89 bits per heavy atom. The fourth-order valence-electron chi connectivity index (χ4n) is 1.73. The van der Waals surface area contributed by atoms with Gasteiger partial charge in [0.1, 0.15) is 12.7 Å². The number of amides is 1. The van der Waals surface area contributed by atoms with Gasteiger partial charge in [0.15, 0.2) is 5.66 Å². The van der Waals surface area contributed by atoms with E-state index in [4.69, 9.17) is 6.42 Å². The molecular weight excluding hydrogens is 244 g/mol. The van der Waals surface area contributed by atoms with Crippen molar-refractivity contribution in [3.63, 3.8) is 0 Å². The topological polar surface area (TPSA) is 84.5 Å². The third-order valence-corrected chi connectivity index (χ3v) is 2.93. The minimum Gasteiger partial charge on any atom is -0.354 e. The highest BCUT2D eigenvalue weighted by atomic mass is 16.1. The van der Waals surface area contributed by atoms with E-state index in [1.165, 1.54) is 6.33 Å². The van der Waals surface area contributed by atoms with Crippen molar-refractivity contribution < 1.29 is 4.79 Å². The van der Waals surface area contributed by atoms with Gasteiger partial charge in [-0.25, -0.2) is 4.98 Å². The Morgan fingerprint density at radius 1 is 1.42 bits per heavy atom. The van der Waals surface area contributed by atoms with Gasteiger partial charge in [-0.15, -0.1) is 12.3 Å². The number of hydrogen-bond donors (Lipinski definition) is 1. The van der Waals surface area contributed by atoms with Crippen LogP contribution in [-0.4, -0.2) is 32.9 Å². The van der Waals surface area contributed by atoms with Crippen LogP contribution < -0.4 is 5.32 Å². The van der Waals surface area contributed by atoms with Gasteiger partial charge in [-0.05, 0) is 0 Å². The van der Waals surface area contributed by atoms with Gasteiger partial charge in [-0.2, -0.15) is 15.3 Å². The molecule has 2 rings (SSSR count). The largest absolute Gasteiger partial charge is 0.354 e. The first-order valence-electron chi connectivity index (χ1n) is 6.21. The molecule has 2 heterocycles. The highest BCUT2D eigenvalue weighted by Crippen LogP contribution is 2.37. The predicted octanol–water partition coefficient (Wildman–Crippen LogP) is 0.750. The summed E-state index contributed by atoms with van der Waals surface area (Å²) in [6, 6.07) is 0. The van der Waals surface area contributed by atoms with E-state index >= 15 is 0 Å². The molecule has 19 heavy (non-hydrogen) atoms. The highest BCUT2D eigenvalue weighted by molar-refractivity contribution is 5.75. The van der Waals surface area contributed by atoms with E-state index in [1.807, 2.05) is 0 Å². The summed E-state index contributed by atoms with van der Waals surface area (Å²) in [7, 11) is 0. The quantitative estimate of drug-likeness (QED) is 0.700. The Bertz CT molecular complexity index is 481. The Hall–Kier alpha value is -2.23. The number of rotatable bonds is 8. The lowest BCUT2D eigenvalue weighted by Gasteiger charge is -2.09. The molecular formula is C12H16N6O. The van der Waals surface area contributed by atoms with Crippen LogP contribution in [0.5, 0.6) is 0 Å². The number of carbonyl (C=O) groups excluding carboxylic acids is 1. The Morgan fingerprint density at radius 2 is 2.26 bits per heavy atom. The van der Waals surface area contributed by atoms with Crippen LogP contribution >= 0.6 is 0 Å². The summed E-state index contributed by atoms with van der Waals surface area (Å²) in [5.74, 6) is 2.56. The van der Waals surface area contributed by atoms with E-state index in [2.05, 4.69) is 31.5 Å². The van der Waals surface area contributed by atoms with Crippen LogP contribution in [0.1, 0.15) is 25.7 Å². The zero-order valence-electron chi connectivity index (χ0n) is 10.6. The molecule has 0 spiro atoms. The molecule has 1 N–H and O–H groups in total. The van der Waals surface area contributed by atoms with Gasteiger partial charge >= 0.3 is 0 Å². The zero-order valence-corrected chi connectivity index (χ0v) is 10.6. The van der Waals surface area contributed by atoms with E-state index in [-0.39, 0.29) is 11.6 Å². The summed E-state index contributed by atoms with van der Waals surface area (Å²) in [5, 5.41) is 14.8. The second-order valence-electron chi connectivity index (χ2n) is 4.40. The number of nitrogens with one attached hydrogen (secondary N) is 1. The van der Waals surface area contributed by atoms with Crippen molar-refractivity contribution in [2.24, 2.45) is 10.2 Å². The van der Waals surface area contributed by atoms with Crippen LogP contribution in [0.2, 0.25) is 0 Å².